The van der Waals surface area contributed by atoms with E-state index in [2.05, 4.69) is 6.07 Å². The molecule has 0 N–H and O–H groups in total. The fraction of sp³-hybridized carbons (Fsp3) is 0.0714. The average molecular weight is 331 g/mol. The van der Waals surface area contributed by atoms with Crippen LogP contribution in [0.5, 0.6) is 0 Å². The molecule has 0 heterocycles. The molecule has 2 aromatic carbocycles. The maximum Gasteiger partial charge on any atom is 0.0671 e. The molecule has 0 radical (unpaired) electrons. The van der Waals surface area contributed by atoms with Crippen LogP contribution < -0.4 is 0 Å². The van der Waals surface area contributed by atoms with Crippen molar-refractivity contribution in [2.75, 3.05) is 0 Å². The lowest BCUT2D eigenvalue weighted by Crippen LogP contribution is -1.91. The number of hydrogen-bond acceptors (Lipinski definition) is 1. The summed E-state index contributed by atoms with van der Waals surface area (Å²) in [5, 5.41) is 10.7. The van der Waals surface area contributed by atoms with E-state index >= 15 is 0 Å². The van der Waals surface area contributed by atoms with Gasteiger partial charge < -0.3 is 0 Å². The molecule has 0 fully saturated rings. The van der Waals surface area contributed by atoms with E-state index in [0.717, 1.165) is 5.56 Å². The second-order valence-corrected chi connectivity index (χ2v) is 5.48. The van der Waals surface area contributed by atoms with Crippen LogP contribution in [-0.2, 0) is 6.42 Å². The van der Waals surface area contributed by atoms with Crippen LogP contribution in [0.2, 0.25) is 20.1 Å². The maximum atomic E-state index is 8.90. The number of hydrogen-bond donors (Lipinski definition) is 0. The third-order valence-corrected chi connectivity index (χ3v) is 4.03. The van der Waals surface area contributed by atoms with Crippen molar-refractivity contribution in [2.45, 2.75) is 6.42 Å². The van der Waals surface area contributed by atoms with E-state index in [4.69, 9.17) is 51.7 Å². The van der Waals surface area contributed by atoms with Gasteiger partial charge in [-0.05, 0) is 29.3 Å². The summed E-state index contributed by atoms with van der Waals surface area (Å²) in [6.45, 7) is 0. The van der Waals surface area contributed by atoms with Crippen molar-refractivity contribution in [1.82, 2.24) is 0 Å². The van der Waals surface area contributed by atoms with Gasteiger partial charge in [0.2, 0.25) is 0 Å². The highest BCUT2D eigenvalue weighted by atomic mass is 35.5. The molecule has 0 bridgehead atoms. The number of nitrogens with zero attached hydrogens (tertiary/aromatic N) is 1. The van der Waals surface area contributed by atoms with Gasteiger partial charge in [-0.25, -0.2) is 0 Å². The average Bonchev–Trinajstić information content (AvgIpc) is 2.36. The van der Waals surface area contributed by atoms with Crippen molar-refractivity contribution >= 4 is 46.4 Å². The minimum absolute atomic E-state index is 0.190. The molecule has 19 heavy (non-hydrogen) atoms. The summed E-state index contributed by atoms with van der Waals surface area (Å²) >= 11 is 24.4. The molecule has 0 unspecified atom stereocenters. The van der Waals surface area contributed by atoms with Crippen LogP contribution >= 0.6 is 46.4 Å². The zero-order valence-corrected chi connectivity index (χ0v) is 12.6. The fourth-order valence-electron chi connectivity index (χ4n) is 1.82. The number of benzene rings is 2. The number of halogens is 4. The molecular formula is C14H7Cl4N. The Balaban J connectivity index is 2.73. The van der Waals surface area contributed by atoms with Gasteiger partial charge in [0, 0.05) is 15.6 Å². The standard InChI is InChI=1S/C14H7Cl4N/c15-8-6-11(14(18)13(17)7-8)9-2-1-3-12(16)10(9)4-5-19/h1-3,6-7H,4H2. The van der Waals surface area contributed by atoms with Gasteiger partial charge in [-0.3, -0.25) is 0 Å². The Morgan fingerprint density at radius 2 is 1.68 bits per heavy atom. The van der Waals surface area contributed by atoms with Crippen molar-refractivity contribution in [3.8, 4) is 17.2 Å². The first-order valence-electron chi connectivity index (χ1n) is 5.34. The second-order valence-electron chi connectivity index (χ2n) is 3.85. The third kappa shape index (κ3) is 2.99. The van der Waals surface area contributed by atoms with Gasteiger partial charge in [-0.15, -0.1) is 0 Å². The van der Waals surface area contributed by atoms with E-state index in [1.807, 2.05) is 6.07 Å². The highest BCUT2D eigenvalue weighted by Crippen LogP contribution is 2.39. The van der Waals surface area contributed by atoms with Crippen LogP contribution in [0, 0.1) is 11.3 Å². The van der Waals surface area contributed by atoms with Crippen molar-refractivity contribution in [1.29, 1.82) is 5.26 Å². The molecule has 2 aromatic rings. The predicted octanol–water partition coefficient (Wildman–Crippen LogP) is 6.03. The second kappa shape index (κ2) is 6.03. The van der Waals surface area contributed by atoms with Gasteiger partial charge in [0.1, 0.15) is 0 Å². The summed E-state index contributed by atoms with van der Waals surface area (Å²) in [4.78, 5) is 0. The number of rotatable bonds is 2. The summed E-state index contributed by atoms with van der Waals surface area (Å²) < 4.78 is 0. The summed E-state index contributed by atoms with van der Waals surface area (Å²) in [7, 11) is 0. The fourth-order valence-corrected chi connectivity index (χ4v) is 2.77. The quantitative estimate of drug-likeness (QED) is 0.616. The van der Waals surface area contributed by atoms with E-state index < -0.39 is 0 Å². The van der Waals surface area contributed by atoms with Crippen LogP contribution in [0.25, 0.3) is 11.1 Å². The Hall–Kier alpha value is -0.910. The maximum absolute atomic E-state index is 8.90. The van der Waals surface area contributed by atoms with Gasteiger partial charge in [-0.2, -0.15) is 5.26 Å². The molecule has 0 aromatic heterocycles. The van der Waals surface area contributed by atoms with Crippen LogP contribution in [0.4, 0.5) is 0 Å². The number of nitriles is 1. The predicted molar refractivity (Wildman–Crippen MR) is 81.2 cm³/mol. The van der Waals surface area contributed by atoms with Crippen LogP contribution in [0.15, 0.2) is 30.3 Å². The first-order chi connectivity index (χ1) is 9.04. The van der Waals surface area contributed by atoms with E-state index in [1.54, 1.807) is 24.3 Å². The highest BCUT2D eigenvalue weighted by molar-refractivity contribution is 6.45. The zero-order chi connectivity index (χ0) is 14.0. The van der Waals surface area contributed by atoms with Crippen LogP contribution in [-0.4, -0.2) is 0 Å². The minimum Gasteiger partial charge on any atom is -0.198 e. The van der Waals surface area contributed by atoms with E-state index in [9.17, 15) is 0 Å². The van der Waals surface area contributed by atoms with E-state index in [-0.39, 0.29) is 6.42 Å². The first-order valence-corrected chi connectivity index (χ1v) is 6.85. The molecule has 0 aliphatic heterocycles. The molecule has 0 saturated heterocycles. The molecule has 0 spiro atoms. The summed E-state index contributed by atoms with van der Waals surface area (Å²) in [6.07, 6.45) is 0.190. The molecular weight excluding hydrogens is 324 g/mol. The first kappa shape index (κ1) is 14.5. The summed E-state index contributed by atoms with van der Waals surface area (Å²) in [6, 6.07) is 10.7. The SMILES string of the molecule is N#CCc1c(Cl)cccc1-c1cc(Cl)cc(Cl)c1Cl. The van der Waals surface area contributed by atoms with Crippen molar-refractivity contribution in [3.05, 3.63) is 56.0 Å². The lowest BCUT2D eigenvalue weighted by Gasteiger charge is -2.12. The van der Waals surface area contributed by atoms with Gasteiger partial charge in [0.05, 0.1) is 22.5 Å². The molecule has 0 amide bonds. The topological polar surface area (TPSA) is 23.8 Å². The van der Waals surface area contributed by atoms with Crippen LogP contribution in [0.1, 0.15) is 5.56 Å². The Bertz CT molecular complexity index is 674. The largest absolute Gasteiger partial charge is 0.198 e. The Morgan fingerprint density at radius 3 is 2.37 bits per heavy atom. The molecule has 0 aliphatic carbocycles. The van der Waals surface area contributed by atoms with Gasteiger partial charge in [0.25, 0.3) is 0 Å². The van der Waals surface area contributed by atoms with Gasteiger partial charge in [-0.1, -0.05) is 58.5 Å². The molecule has 1 nitrogen and oxygen atoms in total. The van der Waals surface area contributed by atoms with E-state index in [0.29, 0.717) is 31.2 Å². The van der Waals surface area contributed by atoms with Crippen molar-refractivity contribution in [3.63, 3.8) is 0 Å². The molecule has 0 saturated carbocycles. The van der Waals surface area contributed by atoms with E-state index in [1.165, 1.54) is 0 Å². The molecule has 96 valence electrons. The van der Waals surface area contributed by atoms with Gasteiger partial charge >= 0.3 is 0 Å². The Morgan fingerprint density at radius 1 is 0.947 bits per heavy atom. The summed E-state index contributed by atoms with van der Waals surface area (Å²) in [5.41, 5.74) is 2.15. The normalized spacial score (nSPS) is 10.3. The lowest BCUT2D eigenvalue weighted by molar-refractivity contribution is 1.26. The molecule has 2 rings (SSSR count). The minimum atomic E-state index is 0.190. The zero-order valence-electron chi connectivity index (χ0n) is 9.55. The molecule has 0 atom stereocenters. The lowest BCUT2D eigenvalue weighted by atomic mass is 9.98. The Labute approximate surface area is 131 Å². The monoisotopic (exact) mass is 329 g/mol. The highest BCUT2D eigenvalue weighted by Gasteiger charge is 2.14. The molecule has 5 heteroatoms. The van der Waals surface area contributed by atoms with Crippen molar-refractivity contribution in [2.24, 2.45) is 0 Å². The van der Waals surface area contributed by atoms with Crippen LogP contribution in [0.3, 0.4) is 0 Å². The smallest absolute Gasteiger partial charge is 0.0671 e. The van der Waals surface area contributed by atoms with Crippen molar-refractivity contribution < 1.29 is 0 Å². The van der Waals surface area contributed by atoms with Gasteiger partial charge in [0.15, 0.2) is 0 Å². The Kier molecular flexibility index (Phi) is 4.60. The third-order valence-electron chi connectivity index (χ3n) is 2.66. The molecule has 0 aliphatic rings. The summed E-state index contributed by atoms with van der Waals surface area (Å²) in [5.74, 6) is 0.